The van der Waals surface area contributed by atoms with E-state index < -0.39 is 0 Å². The molecule has 3 nitrogen and oxygen atoms in total. The molecule has 0 atom stereocenters. The van der Waals surface area contributed by atoms with Gasteiger partial charge in [-0.3, -0.25) is 9.59 Å². The Hall–Kier alpha value is -2.82. The van der Waals surface area contributed by atoms with Crippen molar-refractivity contribution in [1.29, 1.82) is 0 Å². The molecule has 3 aromatic carbocycles. The normalized spacial score (nSPS) is 14.1. The highest BCUT2D eigenvalue weighted by Gasteiger charge is 2.40. The highest BCUT2D eigenvalue weighted by atomic mass is 35.5. The lowest BCUT2D eigenvalue weighted by atomic mass is 10.1. The summed E-state index contributed by atoms with van der Waals surface area (Å²) in [5.41, 5.74) is 3.66. The van der Waals surface area contributed by atoms with Crippen LogP contribution in [0.1, 0.15) is 16.7 Å². The molecule has 1 aliphatic rings. The molecule has 0 saturated carbocycles. The van der Waals surface area contributed by atoms with E-state index in [0.29, 0.717) is 26.8 Å². The Kier molecular flexibility index (Phi) is 5.31. The molecule has 29 heavy (non-hydrogen) atoms. The third-order valence-electron chi connectivity index (χ3n) is 4.73. The third kappa shape index (κ3) is 3.74. The van der Waals surface area contributed by atoms with Gasteiger partial charge in [0.05, 0.1) is 16.2 Å². The lowest BCUT2D eigenvalue weighted by Gasteiger charge is -2.18. The van der Waals surface area contributed by atoms with E-state index in [0.717, 1.165) is 16.0 Å². The Morgan fingerprint density at radius 3 is 2.17 bits per heavy atom. The number of aryl methyl sites for hydroxylation is 2. The molecule has 0 aliphatic carbocycles. The van der Waals surface area contributed by atoms with E-state index >= 15 is 0 Å². The fraction of sp³-hybridized carbons (Fsp3) is 0.0833. The standard InChI is InChI=1S/C24H18ClNO2S/c1-15-8-13-20(16(2)14-15)26-23(27)21(17-9-11-18(25)12-10-17)22(24(26)28)29-19-6-4-3-5-7-19/h3-14H,1-2H3. The Bertz CT molecular complexity index is 1140. The van der Waals surface area contributed by atoms with E-state index in [9.17, 15) is 9.59 Å². The Morgan fingerprint density at radius 1 is 0.828 bits per heavy atom. The third-order valence-corrected chi connectivity index (χ3v) is 6.07. The molecule has 2 amide bonds. The van der Waals surface area contributed by atoms with Crippen LogP contribution in [0.3, 0.4) is 0 Å². The van der Waals surface area contributed by atoms with Crippen LogP contribution in [0.4, 0.5) is 5.69 Å². The van der Waals surface area contributed by atoms with Gasteiger partial charge in [0.1, 0.15) is 0 Å². The van der Waals surface area contributed by atoms with Crippen molar-refractivity contribution < 1.29 is 9.59 Å². The number of carbonyl (C=O) groups is 2. The Morgan fingerprint density at radius 2 is 1.52 bits per heavy atom. The average Bonchev–Trinajstić information content (AvgIpc) is 2.94. The minimum Gasteiger partial charge on any atom is -0.268 e. The fourth-order valence-electron chi connectivity index (χ4n) is 3.36. The quantitative estimate of drug-likeness (QED) is 0.484. The summed E-state index contributed by atoms with van der Waals surface area (Å²) in [6, 6.07) is 22.3. The molecule has 1 aliphatic heterocycles. The van der Waals surface area contributed by atoms with Crippen LogP contribution in [-0.2, 0) is 9.59 Å². The number of anilines is 1. The van der Waals surface area contributed by atoms with Crippen molar-refractivity contribution in [3.05, 3.63) is 99.4 Å². The van der Waals surface area contributed by atoms with Crippen LogP contribution in [0, 0.1) is 13.8 Å². The summed E-state index contributed by atoms with van der Waals surface area (Å²) in [6.07, 6.45) is 0. The molecule has 0 fully saturated rings. The van der Waals surface area contributed by atoms with E-state index in [-0.39, 0.29) is 11.8 Å². The monoisotopic (exact) mass is 419 g/mol. The first-order chi connectivity index (χ1) is 14.0. The van der Waals surface area contributed by atoms with Gasteiger partial charge in [0.15, 0.2) is 0 Å². The summed E-state index contributed by atoms with van der Waals surface area (Å²) >= 11 is 7.34. The van der Waals surface area contributed by atoms with E-state index in [2.05, 4.69) is 0 Å². The van der Waals surface area contributed by atoms with Crippen molar-refractivity contribution in [2.75, 3.05) is 4.90 Å². The zero-order valence-electron chi connectivity index (χ0n) is 16.0. The maximum Gasteiger partial charge on any atom is 0.272 e. The number of hydrogen-bond donors (Lipinski definition) is 0. The molecular weight excluding hydrogens is 402 g/mol. The van der Waals surface area contributed by atoms with Crippen molar-refractivity contribution in [3.8, 4) is 0 Å². The molecule has 4 rings (SSSR count). The van der Waals surface area contributed by atoms with Crippen molar-refractivity contribution in [3.63, 3.8) is 0 Å². The van der Waals surface area contributed by atoms with Crippen LogP contribution < -0.4 is 4.90 Å². The van der Waals surface area contributed by atoms with Crippen LogP contribution in [0.5, 0.6) is 0 Å². The van der Waals surface area contributed by atoms with Gasteiger partial charge in [0, 0.05) is 9.92 Å². The van der Waals surface area contributed by atoms with E-state index in [1.165, 1.54) is 16.7 Å². The minimum absolute atomic E-state index is 0.305. The van der Waals surface area contributed by atoms with Crippen LogP contribution in [0.25, 0.3) is 5.57 Å². The number of halogens is 1. The highest BCUT2D eigenvalue weighted by molar-refractivity contribution is 8.04. The molecule has 0 spiro atoms. The van der Waals surface area contributed by atoms with Crippen molar-refractivity contribution in [1.82, 2.24) is 0 Å². The van der Waals surface area contributed by atoms with E-state index in [1.54, 1.807) is 24.3 Å². The van der Waals surface area contributed by atoms with Gasteiger partial charge in [-0.2, -0.15) is 0 Å². The molecule has 5 heteroatoms. The van der Waals surface area contributed by atoms with Crippen molar-refractivity contribution in [2.45, 2.75) is 18.7 Å². The highest BCUT2D eigenvalue weighted by Crippen LogP contribution is 2.42. The lowest BCUT2D eigenvalue weighted by Crippen LogP contribution is -2.31. The van der Waals surface area contributed by atoms with Gasteiger partial charge in [-0.05, 0) is 55.3 Å². The number of imide groups is 1. The molecule has 0 radical (unpaired) electrons. The van der Waals surface area contributed by atoms with Gasteiger partial charge in [-0.1, -0.05) is 71.4 Å². The molecule has 0 aromatic heterocycles. The molecule has 0 saturated heterocycles. The molecule has 0 N–H and O–H groups in total. The number of benzene rings is 3. The van der Waals surface area contributed by atoms with Gasteiger partial charge in [0.2, 0.25) is 0 Å². The maximum absolute atomic E-state index is 13.4. The van der Waals surface area contributed by atoms with Crippen molar-refractivity contribution in [2.24, 2.45) is 0 Å². The summed E-state index contributed by atoms with van der Waals surface area (Å²) < 4.78 is 0. The minimum atomic E-state index is -0.317. The molecular formula is C24H18ClNO2S. The number of amides is 2. The number of hydrogen-bond acceptors (Lipinski definition) is 3. The second kappa shape index (κ2) is 7.90. The van der Waals surface area contributed by atoms with Crippen LogP contribution in [0.15, 0.2) is 82.6 Å². The number of nitrogens with zero attached hydrogens (tertiary/aromatic N) is 1. The first-order valence-corrected chi connectivity index (χ1v) is 10.3. The molecule has 0 unspecified atom stereocenters. The van der Waals surface area contributed by atoms with Gasteiger partial charge < -0.3 is 0 Å². The molecule has 144 valence electrons. The summed E-state index contributed by atoms with van der Waals surface area (Å²) in [5.74, 6) is -0.622. The summed E-state index contributed by atoms with van der Waals surface area (Å²) in [5, 5.41) is 0.578. The van der Waals surface area contributed by atoms with E-state index in [1.807, 2.05) is 62.4 Å². The van der Waals surface area contributed by atoms with Gasteiger partial charge in [0.25, 0.3) is 11.8 Å². The zero-order chi connectivity index (χ0) is 20.5. The first kappa shape index (κ1) is 19.5. The summed E-state index contributed by atoms with van der Waals surface area (Å²) in [6.45, 7) is 3.89. The largest absolute Gasteiger partial charge is 0.272 e. The van der Waals surface area contributed by atoms with Crippen LogP contribution in [-0.4, -0.2) is 11.8 Å². The maximum atomic E-state index is 13.4. The Balaban J connectivity index is 1.84. The number of carbonyl (C=O) groups excluding carboxylic acids is 2. The predicted octanol–water partition coefficient (Wildman–Crippen LogP) is 6.03. The van der Waals surface area contributed by atoms with Crippen LogP contribution >= 0.6 is 23.4 Å². The number of rotatable bonds is 4. The predicted molar refractivity (Wildman–Crippen MR) is 119 cm³/mol. The van der Waals surface area contributed by atoms with Gasteiger partial charge >= 0.3 is 0 Å². The zero-order valence-corrected chi connectivity index (χ0v) is 17.6. The van der Waals surface area contributed by atoms with E-state index in [4.69, 9.17) is 11.6 Å². The average molecular weight is 420 g/mol. The van der Waals surface area contributed by atoms with Gasteiger partial charge in [-0.15, -0.1) is 0 Å². The lowest BCUT2D eigenvalue weighted by molar-refractivity contribution is -0.119. The second-order valence-electron chi connectivity index (χ2n) is 6.86. The smallest absolute Gasteiger partial charge is 0.268 e. The topological polar surface area (TPSA) is 37.4 Å². The molecule has 3 aromatic rings. The number of thioether (sulfide) groups is 1. The van der Waals surface area contributed by atoms with Crippen molar-refractivity contribution >= 4 is 46.4 Å². The Labute approximate surface area is 179 Å². The van der Waals surface area contributed by atoms with Gasteiger partial charge in [-0.25, -0.2) is 4.90 Å². The molecule has 0 bridgehead atoms. The first-order valence-electron chi connectivity index (χ1n) is 9.15. The summed E-state index contributed by atoms with van der Waals surface area (Å²) in [7, 11) is 0. The van der Waals surface area contributed by atoms with Crippen LogP contribution in [0.2, 0.25) is 5.02 Å². The second-order valence-corrected chi connectivity index (χ2v) is 8.38. The molecule has 1 heterocycles. The SMILES string of the molecule is Cc1ccc(N2C(=O)C(Sc3ccccc3)=C(c3ccc(Cl)cc3)C2=O)c(C)c1. The summed E-state index contributed by atoms with van der Waals surface area (Å²) in [4.78, 5) is 29.5. The fourth-order valence-corrected chi connectivity index (χ4v) is 4.50.